The van der Waals surface area contributed by atoms with Gasteiger partial charge in [-0.2, -0.15) is 0 Å². The lowest BCUT2D eigenvalue weighted by Gasteiger charge is -2.06. The summed E-state index contributed by atoms with van der Waals surface area (Å²) in [5.74, 6) is -0.372. The SMILES string of the molecule is COC(=O)/C(=C\c1ccccc1)Cn1nnc2ccccc21. The standard InChI is InChI=1S/C17H15N3O2/c1-22-17(21)14(11-13-7-3-2-4-8-13)12-20-16-10-6-5-9-15(16)18-19-20/h2-11H,12H2,1H3/b14-11-. The molecule has 0 bridgehead atoms. The third-order valence-electron chi connectivity index (χ3n) is 3.33. The zero-order valence-electron chi connectivity index (χ0n) is 12.1. The molecular weight excluding hydrogens is 278 g/mol. The van der Waals surface area contributed by atoms with Crippen LogP contribution in [0.2, 0.25) is 0 Å². The molecule has 22 heavy (non-hydrogen) atoms. The summed E-state index contributed by atoms with van der Waals surface area (Å²) in [6, 6.07) is 17.3. The number of benzene rings is 2. The van der Waals surface area contributed by atoms with E-state index < -0.39 is 0 Å². The Kier molecular flexibility index (Phi) is 3.96. The molecule has 110 valence electrons. The molecule has 3 rings (SSSR count). The quantitative estimate of drug-likeness (QED) is 0.548. The van der Waals surface area contributed by atoms with Crippen LogP contribution in [0.1, 0.15) is 5.56 Å². The summed E-state index contributed by atoms with van der Waals surface area (Å²) in [7, 11) is 1.38. The van der Waals surface area contributed by atoms with Crippen molar-refractivity contribution in [2.75, 3.05) is 7.11 Å². The van der Waals surface area contributed by atoms with Crippen LogP contribution < -0.4 is 0 Å². The number of carbonyl (C=O) groups is 1. The largest absolute Gasteiger partial charge is 0.466 e. The van der Waals surface area contributed by atoms with Crippen LogP contribution in [0.25, 0.3) is 17.1 Å². The molecule has 5 nitrogen and oxygen atoms in total. The minimum absolute atomic E-state index is 0.308. The molecule has 1 heterocycles. The molecule has 0 amide bonds. The number of esters is 1. The van der Waals surface area contributed by atoms with Gasteiger partial charge in [0.05, 0.1) is 24.7 Å². The number of para-hydroxylation sites is 1. The third-order valence-corrected chi connectivity index (χ3v) is 3.33. The highest BCUT2D eigenvalue weighted by molar-refractivity contribution is 5.93. The molecule has 5 heteroatoms. The Labute approximate surface area is 127 Å². The number of carbonyl (C=O) groups excluding carboxylic acids is 1. The minimum Gasteiger partial charge on any atom is -0.466 e. The molecule has 0 N–H and O–H groups in total. The second-order valence-electron chi connectivity index (χ2n) is 4.81. The van der Waals surface area contributed by atoms with Crippen molar-refractivity contribution >= 4 is 23.1 Å². The number of hydrogen-bond acceptors (Lipinski definition) is 4. The van der Waals surface area contributed by atoms with Crippen LogP contribution in [0.5, 0.6) is 0 Å². The fourth-order valence-electron chi connectivity index (χ4n) is 2.25. The Balaban J connectivity index is 1.97. The van der Waals surface area contributed by atoms with Gasteiger partial charge in [0.1, 0.15) is 5.52 Å². The normalized spacial score (nSPS) is 11.6. The molecule has 0 atom stereocenters. The van der Waals surface area contributed by atoms with E-state index in [1.165, 1.54) is 7.11 Å². The highest BCUT2D eigenvalue weighted by atomic mass is 16.5. The van der Waals surface area contributed by atoms with Crippen molar-refractivity contribution in [2.45, 2.75) is 6.54 Å². The molecule has 0 aliphatic rings. The van der Waals surface area contributed by atoms with Gasteiger partial charge < -0.3 is 4.74 Å². The molecule has 0 spiro atoms. The van der Waals surface area contributed by atoms with Gasteiger partial charge in [-0.15, -0.1) is 5.10 Å². The molecular formula is C17H15N3O2. The van der Waals surface area contributed by atoms with Crippen LogP contribution in [-0.2, 0) is 16.1 Å². The van der Waals surface area contributed by atoms with E-state index >= 15 is 0 Å². The average molecular weight is 293 g/mol. The molecule has 2 aromatic carbocycles. The number of aromatic nitrogens is 3. The van der Waals surface area contributed by atoms with E-state index in [2.05, 4.69) is 10.3 Å². The molecule has 3 aromatic rings. The zero-order chi connectivity index (χ0) is 15.4. The van der Waals surface area contributed by atoms with Gasteiger partial charge in [-0.05, 0) is 23.8 Å². The third kappa shape index (κ3) is 2.88. The van der Waals surface area contributed by atoms with Crippen molar-refractivity contribution in [1.82, 2.24) is 15.0 Å². The highest BCUT2D eigenvalue weighted by Crippen LogP contribution is 2.14. The first-order chi connectivity index (χ1) is 10.8. The fraction of sp³-hybridized carbons (Fsp3) is 0.118. The van der Waals surface area contributed by atoms with Gasteiger partial charge in [0, 0.05) is 0 Å². The molecule has 0 radical (unpaired) electrons. The lowest BCUT2D eigenvalue weighted by molar-refractivity contribution is -0.136. The first-order valence-electron chi connectivity index (χ1n) is 6.90. The summed E-state index contributed by atoms with van der Waals surface area (Å²) >= 11 is 0. The topological polar surface area (TPSA) is 57.0 Å². The number of ether oxygens (including phenoxy) is 1. The van der Waals surface area contributed by atoms with Crippen LogP contribution in [0, 0.1) is 0 Å². The fourth-order valence-corrected chi connectivity index (χ4v) is 2.25. The molecule has 0 aliphatic heterocycles. The van der Waals surface area contributed by atoms with E-state index in [0.29, 0.717) is 12.1 Å². The summed E-state index contributed by atoms with van der Waals surface area (Å²) in [5.41, 5.74) is 3.13. The van der Waals surface area contributed by atoms with Crippen molar-refractivity contribution in [2.24, 2.45) is 0 Å². The van der Waals surface area contributed by atoms with Gasteiger partial charge in [-0.25, -0.2) is 9.48 Å². The number of hydrogen-bond donors (Lipinski definition) is 0. The summed E-state index contributed by atoms with van der Waals surface area (Å²) in [6.07, 6.45) is 1.81. The Morgan fingerprint density at radius 2 is 1.86 bits per heavy atom. The average Bonchev–Trinajstić information content (AvgIpc) is 2.98. The van der Waals surface area contributed by atoms with E-state index in [1.54, 1.807) is 4.68 Å². The summed E-state index contributed by atoms with van der Waals surface area (Å²) < 4.78 is 6.57. The van der Waals surface area contributed by atoms with Crippen LogP contribution >= 0.6 is 0 Å². The lowest BCUT2D eigenvalue weighted by atomic mass is 10.1. The van der Waals surface area contributed by atoms with E-state index in [1.807, 2.05) is 60.7 Å². The van der Waals surface area contributed by atoms with Gasteiger partial charge in [-0.1, -0.05) is 47.7 Å². The zero-order valence-corrected chi connectivity index (χ0v) is 12.1. The predicted molar refractivity (Wildman–Crippen MR) is 84.0 cm³/mol. The van der Waals surface area contributed by atoms with Gasteiger partial charge in [0.25, 0.3) is 0 Å². The monoisotopic (exact) mass is 293 g/mol. The van der Waals surface area contributed by atoms with Gasteiger partial charge in [0.15, 0.2) is 0 Å². The van der Waals surface area contributed by atoms with Gasteiger partial charge in [-0.3, -0.25) is 0 Å². The van der Waals surface area contributed by atoms with Crippen LogP contribution in [0.3, 0.4) is 0 Å². The summed E-state index contributed by atoms with van der Waals surface area (Å²) in [6.45, 7) is 0.308. The Hall–Kier alpha value is -2.95. The summed E-state index contributed by atoms with van der Waals surface area (Å²) in [5, 5.41) is 8.21. The van der Waals surface area contributed by atoms with E-state index in [4.69, 9.17) is 4.74 Å². The van der Waals surface area contributed by atoms with Crippen LogP contribution in [-0.4, -0.2) is 28.1 Å². The van der Waals surface area contributed by atoms with Gasteiger partial charge in [0.2, 0.25) is 0 Å². The van der Waals surface area contributed by atoms with Crippen molar-refractivity contribution in [3.63, 3.8) is 0 Å². The molecule has 0 fully saturated rings. The molecule has 0 saturated heterocycles. The second kappa shape index (κ2) is 6.22. The maximum absolute atomic E-state index is 12.0. The van der Waals surface area contributed by atoms with Crippen molar-refractivity contribution in [1.29, 1.82) is 0 Å². The lowest BCUT2D eigenvalue weighted by Crippen LogP contribution is -2.12. The molecule has 0 unspecified atom stereocenters. The van der Waals surface area contributed by atoms with Crippen molar-refractivity contribution in [3.8, 4) is 0 Å². The second-order valence-corrected chi connectivity index (χ2v) is 4.81. The Bertz CT molecular complexity index is 822. The first-order valence-corrected chi connectivity index (χ1v) is 6.90. The first kappa shape index (κ1) is 14.0. The van der Waals surface area contributed by atoms with E-state index in [0.717, 1.165) is 16.6 Å². The number of fused-ring (bicyclic) bond motifs is 1. The van der Waals surface area contributed by atoms with Gasteiger partial charge >= 0.3 is 5.97 Å². The highest BCUT2D eigenvalue weighted by Gasteiger charge is 2.13. The Morgan fingerprint density at radius 3 is 2.64 bits per heavy atom. The smallest absolute Gasteiger partial charge is 0.335 e. The van der Waals surface area contributed by atoms with Crippen molar-refractivity contribution in [3.05, 3.63) is 65.7 Å². The van der Waals surface area contributed by atoms with Crippen LogP contribution in [0.15, 0.2) is 60.2 Å². The maximum Gasteiger partial charge on any atom is 0.335 e. The summed E-state index contributed by atoms with van der Waals surface area (Å²) in [4.78, 5) is 12.0. The molecule has 1 aromatic heterocycles. The number of rotatable bonds is 4. The van der Waals surface area contributed by atoms with Crippen molar-refractivity contribution < 1.29 is 9.53 Å². The Morgan fingerprint density at radius 1 is 1.14 bits per heavy atom. The van der Waals surface area contributed by atoms with E-state index in [-0.39, 0.29) is 5.97 Å². The van der Waals surface area contributed by atoms with E-state index in [9.17, 15) is 4.79 Å². The predicted octanol–water partition coefficient (Wildman–Crippen LogP) is 2.69. The number of methoxy groups -OCH3 is 1. The number of nitrogens with zero attached hydrogens (tertiary/aromatic N) is 3. The molecule has 0 saturated carbocycles. The van der Waals surface area contributed by atoms with Crippen LogP contribution in [0.4, 0.5) is 0 Å². The molecule has 0 aliphatic carbocycles. The maximum atomic E-state index is 12.0. The minimum atomic E-state index is -0.372.